The van der Waals surface area contributed by atoms with Gasteiger partial charge in [-0.15, -0.1) is 0 Å². The molecule has 0 bridgehead atoms. The van der Waals surface area contributed by atoms with Crippen molar-refractivity contribution in [3.63, 3.8) is 0 Å². The van der Waals surface area contributed by atoms with Gasteiger partial charge in [-0.1, -0.05) is 12.1 Å². The number of aliphatic hydroxyl groups excluding tert-OH is 1. The maximum absolute atomic E-state index is 14.8. The minimum absolute atomic E-state index is 0.0514. The largest absolute Gasteiger partial charge is 0.497 e. The standard InChI is InChI=1S/C17H16F4N2O4/c1-25-10-4-2-9(3-5-10)8-23-13-11(14(22-23)17(19,20)21)16(15(24)12(13)18)26-6-7-27-16/h2-5,12,15,24H,6-8H2,1H3/t12-,15-/m0/s1. The van der Waals surface area contributed by atoms with Crippen LogP contribution in [0.25, 0.3) is 0 Å². The van der Waals surface area contributed by atoms with E-state index < -0.39 is 35.5 Å². The number of aromatic nitrogens is 2. The van der Waals surface area contributed by atoms with Crippen molar-refractivity contribution in [3.8, 4) is 5.75 Å². The van der Waals surface area contributed by atoms with Gasteiger partial charge in [0.2, 0.25) is 5.79 Å². The van der Waals surface area contributed by atoms with Crippen LogP contribution in [-0.4, -0.2) is 41.3 Å². The number of aliphatic hydroxyl groups is 1. The molecule has 2 aromatic rings. The zero-order chi connectivity index (χ0) is 19.4. The zero-order valence-electron chi connectivity index (χ0n) is 14.2. The Kier molecular flexibility index (Phi) is 4.17. The molecule has 1 aromatic carbocycles. The Morgan fingerprint density at radius 1 is 1.26 bits per heavy atom. The van der Waals surface area contributed by atoms with E-state index >= 15 is 0 Å². The molecule has 10 heteroatoms. The average molecular weight is 388 g/mol. The van der Waals surface area contributed by atoms with Gasteiger partial charge in [0.05, 0.1) is 38.1 Å². The first-order chi connectivity index (χ1) is 12.8. The number of ether oxygens (including phenoxy) is 3. The Bertz CT molecular complexity index is 844. The van der Waals surface area contributed by atoms with Crippen LogP contribution < -0.4 is 4.74 Å². The Balaban J connectivity index is 1.82. The van der Waals surface area contributed by atoms with E-state index in [4.69, 9.17) is 14.2 Å². The number of nitrogens with zero attached hydrogens (tertiary/aromatic N) is 2. The quantitative estimate of drug-likeness (QED) is 0.819. The minimum Gasteiger partial charge on any atom is -0.497 e. The molecule has 0 saturated carbocycles. The summed E-state index contributed by atoms with van der Waals surface area (Å²) in [7, 11) is 1.49. The summed E-state index contributed by atoms with van der Waals surface area (Å²) in [6, 6.07) is 6.54. The summed E-state index contributed by atoms with van der Waals surface area (Å²) in [4.78, 5) is 0. The second-order valence-corrected chi connectivity index (χ2v) is 6.32. The summed E-state index contributed by atoms with van der Waals surface area (Å²) >= 11 is 0. The topological polar surface area (TPSA) is 65.7 Å². The van der Waals surface area contributed by atoms with Gasteiger partial charge in [0.25, 0.3) is 0 Å². The summed E-state index contributed by atoms with van der Waals surface area (Å²) in [6.07, 6.45) is -8.89. The highest BCUT2D eigenvalue weighted by Crippen LogP contribution is 2.54. The fourth-order valence-electron chi connectivity index (χ4n) is 3.55. The lowest BCUT2D eigenvalue weighted by molar-refractivity contribution is -0.237. The molecular formula is C17H16F4N2O4. The second kappa shape index (κ2) is 6.18. The molecule has 0 amide bonds. The van der Waals surface area contributed by atoms with Crippen molar-refractivity contribution in [1.82, 2.24) is 9.78 Å². The molecule has 1 aliphatic heterocycles. The lowest BCUT2D eigenvalue weighted by Crippen LogP contribution is -2.39. The van der Waals surface area contributed by atoms with Crippen LogP contribution in [0.5, 0.6) is 5.75 Å². The van der Waals surface area contributed by atoms with Gasteiger partial charge in [0.1, 0.15) is 11.9 Å². The molecule has 1 aliphatic carbocycles. The third-order valence-electron chi connectivity index (χ3n) is 4.74. The Labute approximate surface area is 151 Å². The molecule has 1 spiro atoms. The molecule has 4 rings (SSSR count). The van der Waals surface area contributed by atoms with Gasteiger partial charge in [0.15, 0.2) is 11.9 Å². The van der Waals surface area contributed by atoms with Gasteiger partial charge in [0, 0.05) is 0 Å². The van der Waals surface area contributed by atoms with Crippen molar-refractivity contribution in [3.05, 3.63) is 46.8 Å². The molecule has 2 heterocycles. The predicted molar refractivity (Wildman–Crippen MR) is 82.8 cm³/mol. The van der Waals surface area contributed by atoms with Gasteiger partial charge in [-0.25, -0.2) is 4.39 Å². The average Bonchev–Trinajstić information content (AvgIpc) is 3.30. The summed E-state index contributed by atoms with van der Waals surface area (Å²) in [5.41, 5.74) is -1.69. The fraction of sp³-hybridized carbons (Fsp3) is 0.471. The van der Waals surface area contributed by atoms with Crippen molar-refractivity contribution in [1.29, 1.82) is 0 Å². The van der Waals surface area contributed by atoms with Crippen molar-refractivity contribution < 1.29 is 36.9 Å². The summed E-state index contributed by atoms with van der Waals surface area (Å²) < 4.78 is 72.0. The number of rotatable bonds is 3. The molecule has 1 fully saturated rings. The van der Waals surface area contributed by atoms with Gasteiger partial charge in [-0.3, -0.25) is 4.68 Å². The van der Waals surface area contributed by atoms with E-state index in [9.17, 15) is 22.7 Å². The first kappa shape index (κ1) is 18.2. The fourth-order valence-corrected chi connectivity index (χ4v) is 3.55. The number of benzene rings is 1. The maximum atomic E-state index is 14.8. The zero-order valence-corrected chi connectivity index (χ0v) is 14.2. The normalized spacial score (nSPS) is 23.8. The molecule has 146 valence electrons. The van der Waals surface area contributed by atoms with E-state index in [1.807, 2.05) is 0 Å². The first-order valence-corrected chi connectivity index (χ1v) is 8.19. The Morgan fingerprint density at radius 3 is 2.44 bits per heavy atom. The maximum Gasteiger partial charge on any atom is 0.435 e. The summed E-state index contributed by atoms with van der Waals surface area (Å²) in [6.45, 7) is -0.222. The van der Waals surface area contributed by atoms with E-state index in [2.05, 4.69) is 5.10 Å². The van der Waals surface area contributed by atoms with Crippen LogP contribution in [0, 0.1) is 0 Å². The molecule has 6 nitrogen and oxygen atoms in total. The van der Waals surface area contributed by atoms with E-state index in [-0.39, 0.29) is 25.5 Å². The molecule has 2 atom stereocenters. The van der Waals surface area contributed by atoms with E-state index in [1.54, 1.807) is 24.3 Å². The number of hydrogen-bond donors (Lipinski definition) is 1. The van der Waals surface area contributed by atoms with E-state index in [0.29, 0.717) is 11.3 Å². The highest BCUT2D eigenvalue weighted by Gasteiger charge is 2.63. The number of alkyl halides is 4. The van der Waals surface area contributed by atoms with Crippen LogP contribution in [-0.2, 0) is 28.0 Å². The third-order valence-corrected chi connectivity index (χ3v) is 4.74. The van der Waals surface area contributed by atoms with E-state index in [1.165, 1.54) is 7.11 Å². The smallest absolute Gasteiger partial charge is 0.435 e. The molecule has 0 radical (unpaired) electrons. The molecular weight excluding hydrogens is 372 g/mol. The lowest BCUT2D eigenvalue weighted by atomic mass is 10.1. The monoisotopic (exact) mass is 388 g/mol. The summed E-state index contributed by atoms with van der Waals surface area (Å²) in [5.74, 6) is -1.61. The number of halogens is 4. The Morgan fingerprint density at radius 2 is 1.89 bits per heavy atom. The van der Waals surface area contributed by atoms with Crippen LogP contribution >= 0.6 is 0 Å². The van der Waals surface area contributed by atoms with Gasteiger partial charge < -0.3 is 19.3 Å². The molecule has 0 unspecified atom stereocenters. The highest BCUT2D eigenvalue weighted by molar-refractivity contribution is 5.42. The molecule has 1 saturated heterocycles. The van der Waals surface area contributed by atoms with Gasteiger partial charge in [-0.05, 0) is 17.7 Å². The Hall–Kier alpha value is -2.17. The molecule has 1 aromatic heterocycles. The predicted octanol–water partition coefficient (Wildman–Crippen LogP) is 2.54. The van der Waals surface area contributed by atoms with Crippen LogP contribution in [0.3, 0.4) is 0 Å². The highest BCUT2D eigenvalue weighted by atomic mass is 19.4. The van der Waals surface area contributed by atoms with Crippen LogP contribution in [0.1, 0.15) is 28.7 Å². The van der Waals surface area contributed by atoms with Crippen LogP contribution in [0.4, 0.5) is 17.6 Å². The third kappa shape index (κ3) is 2.70. The van der Waals surface area contributed by atoms with Crippen molar-refractivity contribution in [2.24, 2.45) is 0 Å². The number of methoxy groups -OCH3 is 1. The van der Waals surface area contributed by atoms with Gasteiger partial charge >= 0.3 is 6.18 Å². The van der Waals surface area contributed by atoms with Gasteiger partial charge in [-0.2, -0.15) is 18.3 Å². The lowest BCUT2D eigenvalue weighted by Gasteiger charge is -2.27. The number of hydrogen-bond acceptors (Lipinski definition) is 5. The molecule has 1 N–H and O–H groups in total. The van der Waals surface area contributed by atoms with Crippen molar-refractivity contribution in [2.45, 2.75) is 30.8 Å². The molecule has 27 heavy (non-hydrogen) atoms. The van der Waals surface area contributed by atoms with Crippen LogP contribution in [0.15, 0.2) is 24.3 Å². The first-order valence-electron chi connectivity index (χ1n) is 8.19. The van der Waals surface area contributed by atoms with Crippen LogP contribution in [0.2, 0.25) is 0 Å². The van der Waals surface area contributed by atoms with E-state index in [0.717, 1.165) is 4.68 Å². The number of fused-ring (bicyclic) bond motifs is 2. The molecule has 2 aliphatic rings. The second-order valence-electron chi connectivity index (χ2n) is 6.32. The van der Waals surface area contributed by atoms with Crippen molar-refractivity contribution in [2.75, 3.05) is 20.3 Å². The summed E-state index contributed by atoms with van der Waals surface area (Å²) in [5, 5.41) is 13.9. The SMILES string of the molecule is COc1ccc(Cn2nc(C(F)(F)F)c3c2[C@H](F)[C@H](O)C32OCCO2)cc1. The minimum atomic E-state index is -4.86. The van der Waals surface area contributed by atoms with Crippen molar-refractivity contribution >= 4 is 0 Å².